The molecule has 1 atom stereocenters. The van der Waals surface area contributed by atoms with E-state index in [1.165, 1.54) is 0 Å². The van der Waals surface area contributed by atoms with Gasteiger partial charge in [-0.1, -0.05) is 23.4 Å². The van der Waals surface area contributed by atoms with E-state index in [1.54, 1.807) is 0 Å². The number of hydrogen-bond donors (Lipinski definition) is 3. The lowest BCUT2D eigenvalue weighted by atomic mass is 10.1. The minimum atomic E-state index is -0.787. The molecule has 2 aromatic rings. The van der Waals surface area contributed by atoms with Crippen LogP contribution in [0.2, 0.25) is 0 Å². The molecule has 1 saturated heterocycles. The van der Waals surface area contributed by atoms with Crippen LogP contribution in [-0.2, 0) is 5.54 Å². The smallest absolute Gasteiger partial charge is 0.320 e. The summed E-state index contributed by atoms with van der Waals surface area (Å²) in [4.78, 5) is 18.9. The molecular weight excluding hydrogens is 320 g/mol. The Kier molecular flexibility index (Phi) is 5.00. The lowest BCUT2D eigenvalue weighted by molar-refractivity contribution is 0.189. The largest absolute Gasteiger partial charge is 0.337 e. The molecule has 134 valence electrons. The molecule has 0 aliphatic carbocycles. The minimum absolute atomic E-state index is 0.0696. The monoisotopic (exact) mass is 344 g/mol. The molecule has 8 nitrogen and oxygen atoms in total. The van der Waals surface area contributed by atoms with E-state index in [2.05, 4.69) is 31.0 Å². The van der Waals surface area contributed by atoms with Crippen LogP contribution in [0.15, 0.2) is 34.9 Å². The van der Waals surface area contributed by atoms with Crippen LogP contribution >= 0.6 is 0 Å². The zero-order chi connectivity index (χ0) is 17.9. The second kappa shape index (κ2) is 7.20. The maximum absolute atomic E-state index is 12.2. The van der Waals surface area contributed by atoms with Gasteiger partial charge in [0.1, 0.15) is 5.54 Å². The van der Waals surface area contributed by atoms with Crippen molar-refractivity contribution in [3.8, 4) is 0 Å². The first-order valence-corrected chi connectivity index (χ1v) is 8.35. The Bertz CT molecular complexity index is 715. The zero-order valence-electron chi connectivity index (χ0n) is 14.7. The predicted octanol–water partition coefficient (Wildman–Crippen LogP) is 1.70. The number of nitrogens with zero attached hydrogens (tertiary/aromatic N) is 3. The molecular formula is C17H24N6O2. The van der Waals surface area contributed by atoms with Gasteiger partial charge >= 0.3 is 6.03 Å². The zero-order valence-corrected chi connectivity index (χ0v) is 14.7. The highest BCUT2D eigenvalue weighted by Gasteiger charge is 2.32. The molecule has 3 N–H and O–H groups in total. The van der Waals surface area contributed by atoms with E-state index in [0.29, 0.717) is 11.7 Å². The van der Waals surface area contributed by atoms with Gasteiger partial charge < -0.3 is 20.5 Å². The van der Waals surface area contributed by atoms with Gasteiger partial charge in [-0.25, -0.2) is 4.79 Å². The Labute approximate surface area is 147 Å². The fraction of sp³-hybridized carbons (Fsp3) is 0.471. The number of urea groups is 1. The average Bonchev–Trinajstić information content (AvgIpc) is 3.06. The fourth-order valence-corrected chi connectivity index (χ4v) is 2.74. The van der Waals surface area contributed by atoms with Crippen molar-refractivity contribution in [1.82, 2.24) is 25.7 Å². The van der Waals surface area contributed by atoms with Crippen molar-refractivity contribution in [2.24, 2.45) is 0 Å². The van der Waals surface area contributed by atoms with Gasteiger partial charge in [-0.2, -0.15) is 4.98 Å². The summed E-state index contributed by atoms with van der Waals surface area (Å²) in [5.41, 5.74) is -0.0676. The van der Waals surface area contributed by atoms with Gasteiger partial charge in [0.15, 0.2) is 5.82 Å². The number of benzene rings is 1. The topological polar surface area (TPSA) is 95.3 Å². The van der Waals surface area contributed by atoms with Crippen LogP contribution in [0.5, 0.6) is 0 Å². The van der Waals surface area contributed by atoms with Crippen molar-refractivity contribution >= 4 is 11.7 Å². The predicted molar refractivity (Wildman–Crippen MR) is 94.2 cm³/mol. The van der Waals surface area contributed by atoms with E-state index in [9.17, 15) is 4.79 Å². The van der Waals surface area contributed by atoms with Gasteiger partial charge in [0.2, 0.25) is 0 Å². The van der Waals surface area contributed by atoms with Gasteiger partial charge in [-0.05, 0) is 33.0 Å². The Morgan fingerprint density at radius 3 is 2.84 bits per heavy atom. The number of aromatic nitrogens is 2. The summed E-state index contributed by atoms with van der Waals surface area (Å²) < 4.78 is 5.42. The van der Waals surface area contributed by atoms with Crippen LogP contribution in [0, 0.1) is 0 Å². The molecule has 0 saturated carbocycles. The van der Waals surface area contributed by atoms with E-state index < -0.39 is 5.54 Å². The first-order valence-electron chi connectivity index (χ1n) is 8.35. The quantitative estimate of drug-likeness (QED) is 0.781. The Balaban J connectivity index is 1.66. The van der Waals surface area contributed by atoms with Crippen molar-refractivity contribution in [2.75, 3.05) is 32.0 Å². The molecule has 1 aromatic carbocycles. The SMILES string of the molecule is CN1CCNCC1c1noc(C(C)(C)NC(=O)Nc2ccccc2)n1. The van der Waals surface area contributed by atoms with E-state index in [4.69, 9.17) is 4.52 Å². The van der Waals surface area contributed by atoms with Gasteiger partial charge in [-0.3, -0.25) is 4.90 Å². The van der Waals surface area contributed by atoms with Crippen molar-refractivity contribution in [3.63, 3.8) is 0 Å². The lowest BCUT2D eigenvalue weighted by Crippen LogP contribution is -2.45. The summed E-state index contributed by atoms with van der Waals surface area (Å²) >= 11 is 0. The van der Waals surface area contributed by atoms with Gasteiger partial charge in [0.05, 0.1) is 6.04 Å². The number of anilines is 1. The standard InChI is InChI=1S/C17H24N6O2/c1-17(2,21-16(24)19-12-7-5-4-6-8-12)15-20-14(22-25-15)13-11-18-9-10-23(13)3/h4-8,13,18H,9-11H2,1-3H3,(H2,19,21,24). The van der Waals surface area contributed by atoms with Gasteiger partial charge in [0.25, 0.3) is 5.89 Å². The van der Waals surface area contributed by atoms with Crippen LogP contribution in [-0.4, -0.2) is 47.8 Å². The molecule has 2 amide bonds. The summed E-state index contributed by atoms with van der Waals surface area (Å²) in [6.45, 7) is 6.31. The van der Waals surface area contributed by atoms with Crippen molar-refractivity contribution < 1.29 is 9.32 Å². The normalized spacial score (nSPS) is 18.8. The van der Waals surface area contributed by atoms with E-state index in [1.807, 2.05) is 51.2 Å². The van der Waals surface area contributed by atoms with E-state index in [-0.39, 0.29) is 12.1 Å². The van der Waals surface area contributed by atoms with Crippen molar-refractivity contribution in [3.05, 3.63) is 42.0 Å². The Hall–Kier alpha value is -2.45. The molecule has 25 heavy (non-hydrogen) atoms. The third-order valence-electron chi connectivity index (χ3n) is 4.24. The molecule has 1 aliphatic rings. The summed E-state index contributed by atoms with van der Waals surface area (Å²) in [5, 5.41) is 13.1. The molecule has 0 spiro atoms. The van der Waals surface area contributed by atoms with E-state index in [0.717, 1.165) is 25.3 Å². The second-order valence-electron chi connectivity index (χ2n) is 6.73. The third-order valence-corrected chi connectivity index (χ3v) is 4.24. The van der Waals surface area contributed by atoms with Crippen LogP contribution in [0.1, 0.15) is 31.6 Å². The van der Waals surface area contributed by atoms with Gasteiger partial charge in [-0.15, -0.1) is 0 Å². The fourth-order valence-electron chi connectivity index (χ4n) is 2.74. The number of carbonyl (C=O) groups excluding carboxylic acids is 1. The van der Waals surface area contributed by atoms with Crippen molar-refractivity contribution in [1.29, 1.82) is 0 Å². The van der Waals surface area contributed by atoms with Crippen LogP contribution < -0.4 is 16.0 Å². The number of rotatable bonds is 4. The molecule has 1 unspecified atom stereocenters. The number of hydrogen-bond acceptors (Lipinski definition) is 6. The maximum Gasteiger partial charge on any atom is 0.320 e. The number of para-hydroxylation sites is 1. The van der Waals surface area contributed by atoms with E-state index >= 15 is 0 Å². The highest BCUT2D eigenvalue weighted by atomic mass is 16.5. The molecule has 0 radical (unpaired) electrons. The van der Waals surface area contributed by atoms with Crippen LogP contribution in [0.4, 0.5) is 10.5 Å². The number of piperazine rings is 1. The molecule has 1 aliphatic heterocycles. The van der Waals surface area contributed by atoms with Crippen LogP contribution in [0.25, 0.3) is 0 Å². The first-order chi connectivity index (χ1) is 12.0. The Morgan fingerprint density at radius 1 is 1.36 bits per heavy atom. The van der Waals surface area contributed by atoms with Crippen molar-refractivity contribution in [2.45, 2.75) is 25.4 Å². The number of likely N-dealkylation sites (N-methyl/N-ethyl adjacent to an activating group) is 1. The summed E-state index contributed by atoms with van der Waals surface area (Å²) in [7, 11) is 2.04. The second-order valence-corrected chi connectivity index (χ2v) is 6.73. The molecule has 3 rings (SSSR count). The molecule has 0 bridgehead atoms. The first kappa shape index (κ1) is 17.4. The molecule has 1 fully saturated rings. The number of amides is 2. The number of nitrogens with one attached hydrogen (secondary N) is 3. The third kappa shape index (κ3) is 4.15. The average molecular weight is 344 g/mol. The lowest BCUT2D eigenvalue weighted by Gasteiger charge is -2.30. The maximum atomic E-state index is 12.2. The summed E-state index contributed by atoms with van der Waals surface area (Å²) in [6.07, 6.45) is 0. The number of carbonyl (C=O) groups is 1. The molecule has 1 aromatic heterocycles. The summed E-state index contributed by atoms with van der Waals surface area (Å²) in [5.74, 6) is 1.01. The highest BCUT2D eigenvalue weighted by Crippen LogP contribution is 2.23. The molecule has 2 heterocycles. The highest BCUT2D eigenvalue weighted by molar-refractivity contribution is 5.89. The summed E-state index contributed by atoms with van der Waals surface area (Å²) in [6, 6.07) is 9.00. The minimum Gasteiger partial charge on any atom is -0.337 e. The Morgan fingerprint density at radius 2 is 2.12 bits per heavy atom. The van der Waals surface area contributed by atoms with Gasteiger partial charge in [0, 0.05) is 25.3 Å². The van der Waals surface area contributed by atoms with Crippen LogP contribution in [0.3, 0.4) is 0 Å². The molecule has 8 heteroatoms.